The monoisotopic (exact) mass is 261 g/mol. The molecule has 1 heterocycles. The van der Waals surface area contributed by atoms with Crippen LogP contribution in [0.25, 0.3) is 0 Å². The van der Waals surface area contributed by atoms with Crippen molar-refractivity contribution in [3.63, 3.8) is 0 Å². The minimum atomic E-state index is -5.04. The van der Waals surface area contributed by atoms with Crippen molar-refractivity contribution in [2.75, 3.05) is 0 Å². The predicted octanol–water partition coefficient (Wildman–Crippen LogP) is 3.18. The number of pyridine rings is 1. The predicted molar refractivity (Wildman–Crippen MR) is 45.1 cm³/mol. The van der Waals surface area contributed by atoms with E-state index in [4.69, 9.17) is 16.7 Å². The Kier molecular flexibility index (Phi) is 3.69. The van der Waals surface area contributed by atoms with Crippen molar-refractivity contribution in [2.45, 2.75) is 19.2 Å². The van der Waals surface area contributed by atoms with Crippen LogP contribution in [-0.4, -0.2) is 10.1 Å². The maximum absolute atomic E-state index is 12.5. The molecule has 90 valence electrons. The quantitative estimate of drug-likeness (QED) is 0.655. The van der Waals surface area contributed by atoms with E-state index in [1.165, 1.54) is 0 Å². The summed E-state index contributed by atoms with van der Waals surface area (Å²) in [7, 11) is 0. The van der Waals surface area contributed by atoms with Gasteiger partial charge in [-0.1, -0.05) is 11.6 Å². The fourth-order valence-corrected chi connectivity index (χ4v) is 1.44. The van der Waals surface area contributed by atoms with Crippen LogP contribution in [-0.2, 0) is 12.8 Å². The summed E-state index contributed by atoms with van der Waals surface area (Å²) < 4.78 is 62.3. The fraction of sp³-hybridized carbons (Fsp3) is 0.375. The number of hydrogen-bond acceptors (Lipinski definition) is 2. The lowest BCUT2D eigenvalue weighted by Crippen LogP contribution is -2.14. The molecule has 0 fully saturated rings. The van der Waals surface area contributed by atoms with Gasteiger partial charge >= 0.3 is 6.18 Å². The van der Waals surface area contributed by atoms with Crippen LogP contribution in [0, 0.1) is 0 Å². The largest absolute Gasteiger partial charge is 0.419 e. The molecule has 1 aromatic rings. The maximum atomic E-state index is 12.5. The number of hydrogen-bond donors (Lipinski definition) is 1. The molecule has 0 saturated carbocycles. The molecule has 1 rings (SSSR count). The maximum Gasteiger partial charge on any atom is 0.419 e. The lowest BCUT2D eigenvalue weighted by atomic mass is 10.0. The highest BCUT2D eigenvalue weighted by molar-refractivity contribution is 6.30. The summed E-state index contributed by atoms with van der Waals surface area (Å²) in [6, 6.07) is 0. The standard InChI is InChI=1S/C8H5ClF5NO/c9-6-5(8(12,13)14)4(7(10)11)3(2-16)1-15-6/h1,7,16H,2H2. The number of rotatable bonds is 2. The van der Waals surface area contributed by atoms with Crippen LogP contribution in [0.3, 0.4) is 0 Å². The van der Waals surface area contributed by atoms with Crippen molar-refractivity contribution in [3.05, 3.63) is 28.0 Å². The summed E-state index contributed by atoms with van der Waals surface area (Å²) in [5.74, 6) is 0. The van der Waals surface area contributed by atoms with Crippen LogP contribution >= 0.6 is 11.6 Å². The summed E-state index contributed by atoms with van der Waals surface area (Å²) in [6.45, 7) is -0.965. The first-order valence-corrected chi connectivity index (χ1v) is 4.30. The van der Waals surface area contributed by atoms with Gasteiger partial charge in [-0.25, -0.2) is 13.8 Å². The molecule has 0 spiro atoms. The van der Waals surface area contributed by atoms with E-state index in [0.29, 0.717) is 6.20 Å². The van der Waals surface area contributed by atoms with Crippen molar-refractivity contribution >= 4 is 11.6 Å². The lowest BCUT2D eigenvalue weighted by molar-refractivity contribution is -0.139. The fourth-order valence-electron chi connectivity index (χ4n) is 1.19. The first-order valence-electron chi connectivity index (χ1n) is 3.92. The van der Waals surface area contributed by atoms with Crippen LogP contribution in [0.15, 0.2) is 6.20 Å². The zero-order valence-corrected chi connectivity index (χ0v) is 8.28. The van der Waals surface area contributed by atoms with Gasteiger partial charge in [0.15, 0.2) is 0 Å². The van der Waals surface area contributed by atoms with E-state index >= 15 is 0 Å². The molecular formula is C8H5ClF5NO. The third-order valence-corrected chi connectivity index (χ3v) is 2.11. The molecule has 2 nitrogen and oxygen atoms in total. The van der Waals surface area contributed by atoms with E-state index in [1.54, 1.807) is 0 Å². The van der Waals surface area contributed by atoms with Crippen LogP contribution < -0.4 is 0 Å². The molecule has 0 radical (unpaired) electrons. The van der Waals surface area contributed by atoms with E-state index in [2.05, 4.69) is 4.98 Å². The number of halogens is 6. The molecule has 0 aliphatic carbocycles. The molecular weight excluding hydrogens is 257 g/mol. The van der Waals surface area contributed by atoms with E-state index in [1.807, 2.05) is 0 Å². The van der Waals surface area contributed by atoms with E-state index in [0.717, 1.165) is 0 Å². The SMILES string of the molecule is OCc1cnc(Cl)c(C(F)(F)F)c1C(F)F. The first-order chi connectivity index (χ1) is 7.29. The minimum absolute atomic E-state index is 0.591. The van der Waals surface area contributed by atoms with Crippen LogP contribution in [0.2, 0.25) is 5.15 Å². The molecule has 0 saturated heterocycles. The molecule has 0 atom stereocenters. The lowest BCUT2D eigenvalue weighted by Gasteiger charge is -2.16. The summed E-state index contributed by atoms with van der Waals surface area (Å²) in [6.07, 6.45) is -7.74. The molecule has 0 amide bonds. The van der Waals surface area contributed by atoms with Gasteiger partial charge in [-0.2, -0.15) is 13.2 Å². The van der Waals surface area contributed by atoms with Gasteiger partial charge in [0.05, 0.1) is 6.61 Å². The molecule has 0 aliphatic rings. The van der Waals surface area contributed by atoms with Crippen molar-refractivity contribution < 1.29 is 27.1 Å². The third-order valence-electron chi connectivity index (χ3n) is 1.83. The molecule has 1 N–H and O–H groups in total. The van der Waals surface area contributed by atoms with Gasteiger partial charge in [0.1, 0.15) is 10.7 Å². The number of nitrogens with zero attached hydrogens (tertiary/aromatic N) is 1. The summed E-state index contributed by atoms with van der Waals surface area (Å²) in [5.41, 5.74) is -3.61. The van der Waals surface area contributed by atoms with E-state index in [-0.39, 0.29) is 0 Å². The number of aromatic nitrogens is 1. The topological polar surface area (TPSA) is 33.1 Å². The van der Waals surface area contributed by atoms with Gasteiger partial charge in [0.2, 0.25) is 0 Å². The van der Waals surface area contributed by atoms with Crippen molar-refractivity contribution in [1.29, 1.82) is 0 Å². The molecule has 0 bridgehead atoms. The Bertz CT molecular complexity index is 393. The zero-order valence-electron chi connectivity index (χ0n) is 7.52. The molecule has 0 aliphatic heterocycles. The number of aliphatic hydroxyl groups excluding tert-OH is 1. The van der Waals surface area contributed by atoms with Gasteiger partial charge in [-0.3, -0.25) is 0 Å². The average molecular weight is 262 g/mol. The molecule has 0 aromatic carbocycles. The third kappa shape index (κ3) is 2.41. The van der Waals surface area contributed by atoms with Gasteiger partial charge in [-0.15, -0.1) is 0 Å². The van der Waals surface area contributed by atoms with Crippen LogP contribution in [0.1, 0.15) is 23.1 Å². The van der Waals surface area contributed by atoms with E-state index < -0.39 is 41.1 Å². The normalized spacial score (nSPS) is 12.2. The Labute approximate surface area is 91.7 Å². The Balaban J connectivity index is 3.55. The molecule has 1 aromatic heterocycles. The summed E-state index contributed by atoms with van der Waals surface area (Å²) >= 11 is 5.14. The number of alkyl halides is 5. The summed E-state index contributed by atoms with van der Waals surface area (Å²) in [5, 5.41) is 7.61. The Hall–Kier alpha value is -0.950. The van der Waals surface area contributed by atoms with Gasteiger partial charge < -0.3 is 5.11 Å². The van der Waals surface area contributed by atoms with Gasteiger partial charge in [-0.05, 0) is 0 Å². The van der Waals surface area contributed by atoms with Crippen molar-refractivity contribution in [2.24, 2.45) is 0 Å². The van der Waals surface area contributed by atoms with Crippen LogP contribution in [0.4, 0.5) is 22.0 Å². The summed E-state index contributed by atoms with van der Waals surface area (Å²) in [4.78, 5) is 3.11. The van der Waals surface area contributed by atoms with Gasteiger partial charge in [0.25, 0.3) is 6.43 Å². The Morgan fingerprint density at radius 2 is 1.94 bits per heavy atom. The minimum Gasteiger partial charge on any atom is -0.392 e. The average Bonchev–Trinajstić information content (AvgIpc) is 2.15. The number of aliphatic hydroxyl groups is 1. The molecule has 16 heavy (non-hydrogen) atoms. The highest BCUT2D eigenvalue weighted by Crippen LogP contribution is 2.41. The smallest absolute Gasteiger partial charge is 0.392 e. The molecule has 8 heteroatoms. The highest BCUT2D eigenvalue weighted by Gasteiger charge is 2.40. The van der Waals surface area contributed by atoms with Crippen molar-refractivity contribution in [3.8, 4) is 0 Å². The van der Waals surface area contributed by atoms with Crippen molar-refractivity contribution in [1.82, 2.24) is 4.98 Å². The second-order valence-corrected chi connectivity index (χ2v) is 3.18. The Morgan fingerprint density at radius 3 is 2.31 bits per heavy atom. The molecule has 0 unspecified atom stereocenters. The zero-order chi connectivity index (χ0) is 12.5. The Morgan fingerprint density at radius 1 is 1.38 bits per heavy atom. The van der Waals surface area contributed by atoms with Gasteiger partial charge in [0, 0.05) is 17.3 Å². The highest BCUT2D eigenvalue weighted by atomic mass is 35.5. The second kappa shape index (κ2) is 4.50. The first kappa shape index (κ1) is 13.1. The van der Waals surface area contributed by atoms with Crippen LogP contribution in [0.5, 0.6) is 0 Å². The van der Waals surface area contributed by atoms with E-state index in [9.17, 15) is 22.0 Å². The second-order valence-electron chi connectivity index (χ2n) is 2.82.